The summed E-state index contributed by atoms with van der Waals surface area (Å²) in [6.07, 6.45) is 0.256. The van der Waals surface area contributed by atoms with Gasteiger partial charge in [0, 0.05) is 21.9 Å². The van der Waals surface area contributed by atoms with Crippen molar-refractivity contribution in [2.75, 3.05) is 0 Å². The summed E-state index contributed by atoms with van der Waals surface area (Å²) in [5.41, 5.74) is 9.62. The maximum atomic E-state index is 10.9. The van der Waals surface area contributed by atoms with Gasteiger partial charge in [0.25, 0.3) is 5.89 Å². The number of carbonyl (C=O) groups is 1. The number of carboxylic acids is 1. The van der Waals surface area contributed by atoms with Gasteiger partial charge in [-0.05, 0) is 36.2 Å². The Kier molecular flexibility index (Phi) is 4.30. The Hall–Kier alpha value is -3.97. The minimum Gasteiger partial charge on any atom is -0.480 e. The van der Waals surface area contributed by atoms with Gasteiger partial charge >= 0.3 is 5.97 Å². The van der Waals surface area contributed by atoms with Gasteiger partial charge in [0.15, 0.2) is 0 Å². The number of hydrogen-bond acceptors (Lipinski definition) is 6. The molecule has 3 aromatic carbocycles. The minimum absolute atomic E-state index is 0.256. The van der Waals surface area contributed by atoms with E-state index in [1.807, 2.05) is 66.7 Å². The predicted molar refractivity (Wildman–Crippen MR) is 112 cm³/mol. The van der Waals surface area contributed by atoms with Gasteiger partial charge in [-0.2, -0.15) is 4.98 Å². The second-order valence-electron chi connectivity index (χ2n) is 7.08. The van der Waals surface area contributed by atoms with Gasteiger partial charge in [-0.1, -0.05) is 47.6 Å². The van der Waals surface area contributed by atoms with E-state index in [-0.39, 0.29) is 6.42 Å². The molecule has 5 rings (SSSR count). The van der Waals surface area contributed by atoms with E-state index in [1.54, 1.807) is 0 Å². The number of furan rings is 1. The Morgan fingerprint density at radius 3 is 2.50 bits per heavy atom. The average Bonchev–Trinajstić information content (AvgIpc) is 3.39. The third-order valence-electron chi connectivity index (χ3n) is 5.03. The number of para-hydroxylation sites is 1. The first-order valence-electron chi connectivity index (χ1n) is 9.41. The molecule has 2 heterocycles. The van der Waals surface area contributed by atoms with Crippen molar-refractivity contribution >= 4 is 27.9 Å². The van der Waals surface area contributed by atoms with E-state index in [1.165, 1.54) is 0 Å². The summed E-state index contributed by atoms with van der Waals surface area (Å²) in [7, 11) is 0. The van der Waals surface area contributed by atoms with Gasteiger partial charge in [-0.3, -0.25) is 4.79 Å². The van der Waals surface area contributed by atoms with E-state index >= 15 is 0 Å². The first-order valence-corrected chi connectivity index (χ1v) is 9.41. The lowest BCUT2D eigenvalue weighted by molar-refractivity contribution is -0.138. The van der Waals surface area contributed by atoms with E-state index in [2.05, 4.69) is 10.1 Å². The number of carboxylic acid groups (broad SMARTS) is 1. The van der Waals surface area contributed by atoms with E-state index in [4.69, 9.17) is 19.8 Å². The van der Waals surface area contributed by atoms with Crippen LogP contribution in [0.4, 0.5) is 0 Å². The van der Waals surface area contributed by atoms with E-state index < -0.39 is 12.0 Å². The zero-order valence-corrected chi connectivity index (χ0v) is 15.8. The fourth-order valence-electron chi connectivity index (χ4n) is 3.45. The highest BCUT2D eigenvalue weighted by Gasteiger charge is 2.15. The second kappa shape index (κ2) is 7.13. The molecule has 0 aliphatic heterocycles. The highest BCUT2D eigenvalue weighted by molar-refractivity contribution is 6.06. The van der Waals surface area contributed by atoms with Crippen LogP contribution in [0.3, 0.4) is 0 Å². The normalized spacial score (nSPS) is 12.4. The summed E-state index contributed by atoms with van der Waals surface area (Å²) >= 11 is 0. The number of fused-ring (bicyclic) bond motifs is 3. The van der Waals surface area contributed by atoms with Crippen LogP contribution in [0, 0.1) is 0 Å². The van der Waals surface area contributed by atoms with Crippen LogP contribution in [0.5, 0.6) is 0 Å². The van der Waals surface area contributed by atoms with Crippen LogP contribution in [0.15, 0.2) is 75.7 Å². The number of hydrogen-bond donors (Lipinski definition) is 2. The number of nitrogens with zero attached hydrogens (tertiary/aromatic N) is 2. The fraction of sp³-hybridized carbons (Fsp3) is 0.0870. The number of benzene rings is 3. The number of rotatable bonds is 5. The molecule has 5 aromatic rings. The highest BCUT2D eigenvalue weighted by Crippen LogP contribution is 2.32. The van der Waals surface area contributed by atoms with Gasteiger partial charge in [-0.15, -0.1) is 0 Å². The Labute approximate surface area is 170 Å². The minimum atomic E-state index is -1.02. The van der Waals surface area contributed by atoms with Gasteiger partial charge in [0.1, 0.15) is 17.2 Å². The smallest absolute Gasteiger partial charge is 0.320 e. The summed E-state index contributed by atoms with van der Waals surface area (Å²) in [6, 6.07) is 20.0. The van der Waals surface area contributed by atoms with Crippen molar-refractivity contribution in [3.05, 3.63) is 72.3 Å². The summed E-state index contributed by atoms with van der Waals surface area (Å²) in [5, 5.41) is 15.0. The van der Waals surface area contributed by atoms with Crippen molar-refractivity contribution in [3.8, 4) is 22.8 Å². The van der Waals surface area contributed by atoms with E-state index in [0.717, 1.165) is 38.6 Å². The SMILES string of the molecule is N[C@@H](Cc1ccc(-c2noc(-c3ccc4oc5ccccc5c4c3)n2)cc1)C(=O)O. The Morgan fingerprint density at radius 1 is 0.967 bits per heavy atom. The van der Waals surface area contributed by atoms with Gasteiger partial charge in [0.2, 0.25) is 5.82 Å². The first-order chi connectivity index (χ1) is 14.6. The molecule has 148 valence electrons. The molecule has 7 heteroatoms. The predicted octanol–water partition coefficient (Wildman–Crippen LogP) is 4.26. The van der Waals surface area contributed by atoms with Crippen LogP contribution < -0.4 is 5.73 Å². The first kappa shape index (κ1) is 18.1. The fourth-order valence-corrected chi connectivity index (χ4v) is 3.45. The van der Waals surface area contributed by atoms with E-state index in [9.17, 15) is 4.79 Å². The maximum absolute atomic E-state index is 10.9. The standard InChI is InChI=1S/C23H17N3O4/c24-18(23(27)28)11-13-5-7-14(8-6-13)21-25-22(30-26-21)15-9-10-20-17(12-15)16-3-1-2-4-19(16)29-20/h1-10,12,18H,11,24H2,(H,27,28)/t18-/m0/s1. The largest absolute Gasteiger partial charge is 0.480 e. The highest BCUT2D eigenvalue weighted by atomic mass is 16.5. The summed E-state index contributed by atoms with van der Waals surface area (Å²) in [4.78, 5) is 15.4. The monoisotopic (exact) mass is 399 g/mol. The van der Waals surface area contributed by atoms with Crippen LogP contribution in [-0.2, 0) is 11.2 Å². The topological polar surface area (TPSA) is 115 Å². The lowest BCUT2D eigenvalue weighted by Crippen LogP contribution is -2.32. The Bertz CT molecular complexity index is 1370. The average molecular weight is 399 g/mol. The maximum Gasteiger partial charge on any atom is 0.320 e. The molecule has 7 nitrogen and oxygen atoms in total. The lowest BCUT2D eigenvalue weighted by Gasteiger charge is -2.06. The zero-order chi connectivity index (χ0) is 20.7. The number of nitrogens with two attached hydrogens (primary N) is 1. The third-order valence-corrected chi connectivity index (χ3v) is 5.03. The molecule has 0 fully saturated rings. The summed E-state index contributed by atoms with van der Waals surface area (Å²) in [6.45, 7) is 0. The number of aliphatic carboxylic acids is 1. The molecular formula is C23H17N3O4. The van der Waals surface area contributed by atoms with Crippen LogP contribution in [0.25, 0.3) is 44.8 Å². The van der Waals surface area contributed by atoms with E-state index in [0.29, 0.717) is 11.7 Å². The molecule has 2 aromatic heterocycles. The molecule has 0 amide bonds. The van der Waals surface area contributed by atoms with Crippen molar-refractivity contribution in [3.63, 3.8) is 0 Å². The molecule has 1 atom stereocenters. The summed E-state index contributed by atoms with van der Waals surface area (Å²) < 4.78 is 11.3. The van der Waals surface area contributed by atoms with Crippen LogP contribution >= 0.6 is 0 Å². The van der Waals surface area contributed by atoms with Crippen molar-refractivity contribution in [2.45, 2.75) is 12.5 Å². The van der Waals surface area contributed by atoms with Crippen molar-refractivity contribution < 1.29 is 18.8 Å². The van der Waals surface area contributed by atoms with Gasteiger partial charge < -0.3 is 19.8 Å². The molecule has 0 aliphatic rings. The molecule has 0 spiro atoms. The van der Waals surface area contributed by atoms with Gasteiger partial charge in [0.05, 0.1) is 0 Å². The molecule has 0 aliphatic carbocycles. The zero-order valence-electron chi connectivity index (χ0n) is 15.8. The molecular weight excluding hydrogens is 382 g/mol. The Balaban J connectivity index is 1.44. The van der Waals surface area contributed by atoms with Crippen molar-refractivity contribution in [1.82, 2.24) is 10.1 Å². The molecule has 0 bridgehead atoms. The summed E-state index contributed by atoms with van der Waals surface area (Å²) in [5.74, 6) is -0.158. The molecule has 0 saturated heterocycles. The molecule has 0 saturated carbocycles. The third kappa shape index (κ3) is 3.21. The van der Waals surface area contributed by atoms with Crippen molar-refractivity contribution in [2.24, 2.45) is 5.73 Å². The molecule has 30 heavy (non-hydrogen) atoms. The molecule has 0 unspecified atom stereocenters. The Morgan fingerprint density at radius 2 is 1.70 bits per heavy atom. The van der Waals surface area contributed by atoms with Crippen LogP contribution in [0.1, 0.15) is 5.56 Å². The van der Waals surface area contributed by atoms with Gasteiger partial charge in [-0.25, -0.2) is 0 Å². The van der Waals surface area contributed by atoms with Crippen molar-refractivity contribution in [1.29, 1.82) is 0 Å². The van der Waals surface area contributed by atoms with Crippen LogP contribution in [0.2, 0.25) is 0 Å². The lowest BCUT2D eigenvalue weighted by atomic mass is 10.0. The quantitative estimate of drug-likeness (QED) is 0.454. The molecule has 0 radical (unpaired) electrons. The second-order valence-corrected chi connectivity index (χ2v) is 7.08. The van der Waals surface area contributed by atoms with Crippen LogP contribution in [-0.4, -0.2) is 27.3 Å². The number of aromatic nitrogens is 2. The molecule has 3 N–H and O–H groups in total.